The second-order valence-electron chi connectivity index (χ2n) is 3.20. The minimum atomic E-state index is -4.53. The molecule has 6 heteroatoms. The molecule has 0 spiro atoms. The Hall–Kier alpha value is -0.550. The number of carbonyl (C=O) groups excluding carboxylic acids is 1. The van der Waals surface area contributed by atoms with E-state index in [9.17, 15) is 18.0 Å². The molecule has 0 aliphatic carbocycles. The zero-order chi connectivity index (χ0) is 12.5. The van der Waals surface area contributed by atoms with E-state index in [-0.39, 0.29) is 10.0 Å². The van der Waals surface area contributed by atoms with Crippen LogP contribution in [0, 0.1) is 0 Å². The molecule has 1 nitrogen and oxygen atoms in total. The van der Waals surface area contributed by atoms with E-state index in [4.69, 9.17) is 11.6 Å². The summed E-state index contributed by atoms with van der Waals surface area (Å²) in [5.74, 6) is -0.519. The summed E-state index contributed by atoms with van der Waals surface area (Å²) < 4.78 is 38.3. The van der Waals surface area contributed by atoms with Gasteiger partial charge in [0.1, 0.15) is 5.38 Å². The monoisotopic (exact) mass is 314 g/mol. The Balaban J connectivity index is 3.34. The van der Waals surface area contributed by atoms with Crippen molar-refractivity contribution in [1.29, 1.82) is 0 Å². The summed E-state index contributed by atoms with van der Waals surface area (Å²) in [5, 5.41) is -1.27. The summed E-state index contributed by atoms with van der Waals surface area (Å²) in [6.07, 6.45) is -4.53. The normalized spacial score (nSPS) is 13.6. The molecule has 0 heterocycles. The van der Waals surface area contributed by atoms with Crippen LogP contribution in [0.3, 0.4) is 0 Å². The van der Waals surface area contributed by atoms with Gasteiger partial charge in [-0.3, -0.25) is 4.79 Å². The number of alkyl halides is 4. The van der Waals surface area contributed by atoms with Crippen molar-refractivity contribution in [3.63, 3.8) is 0 Å². The number of hydrogen-bond acceptors (Lipinski definition) is 1. The van der Waals surface area contributed by atoms with Gasteiger partial charge in [0.15, 0.2) is 5.78 Å². The Morgan fingerprint density at radius 2 is 2.00 bits per heavy atom. The number of Topliss-reactive ketones (excluding diaryl/α,β-unsaturated/α-hetero) is 1. The second-order valence-corrected chi connectivity index (χ2v) is 4.55. The zero-order valence-electron chi connectivity index (χ0n) is 8.11. The van der Waals surface area contributed by atoms with Crippen molar-refractivity contribution in [2.75, 3.05) is 0 Å². The first-order valence-corrected chi connectivity index (χ1v) is 5.47. The molecular weight excluding hydrogens is 308 g/mol. The first-order chi connectivity index (χ1) is 7.23. The van der Waals surface area contributed by atoms with Gasteiger partial charge in [-0.05, 0) is 24.6 Å². The maximum atomic E-state index is 12.7. The van der Waals surface area contributed by atoms with Crippen molar-refractivity contribution in [3.05, 3.63) is 33.8 Å². The molecule has 16 heavy (non-hydrogen) atoms. The molecule has 0 aliphatic rings. The van der Waals surface area contributed by atoms with Crippen molar-refractivity contribution >= 4 is 33.3 Å². The molecule has 88 valence electrons. The molecule has 0 saturated heterocycles. The lowest BCUT2D eigenvalue weighted by molar-refractivity contribution is -0.138. The van der Waals surface area contributed by atoms with Gasteiger partial charge < -0.3 is 0 Å². The fraction of sp³-hybridized carbons (Fsp3) is 0.300. The fourth-order valence-corrected chi connectivity index (χ4v) is 1.77. The number of benzene rings is 1. The smallest absolute Gasteiger partial charge is 0.298 e. The molecule has 1 rings (SSSR count). The number of carbonyl (C=O) groups is 1. The molecule has 0 radical (unpaired) electrons. The van der Waals surface area contributed by atoms with E-state index >= 15 is 0 Å². The standard InChI is InChI=1S/C10H7BrClF3O/c1-5(16)9(12)7-3-2-6(11)4-8(7)10(13,14)15/h2-4,9H,1H3. The van der Waals surface area contributed by atoms with Gasteiger partial charge >= 0.3 is 6.18 Å². The zero-order valence-corrected chi connectivity index (χ0v) is 10.4. The van der Waals surface area contributed by atoms with Crippen molar-refractivity contribution < 1.29 is 18.0 Å². The van der Waals surface area contributed by atoms with Gasteiger partial charge in [0.2, 0.25) is 0 Å². The van der Waals surface area contributed by atoms with Crippen LogP contribution in [0.5, 0.6) is 0 Å². The molecule has 1 aromatic rings. The molecule has 0 aliphatic heterocycles. The van der Waals surface area contributed by atoms with Gasteiger partial charge in [0, 0.05) is 4.47 Å². The van der Waals surface area contributed by atoms with E-state index in [1.807, 2.05) is 0 Å². The third kappa shape index (κ3) is 2.98. The quantitative estimate of drug-likeness (QED) is 0.742. The summed E-state index contributed by atoms with van der Waals surface area (Å²) >= 11 is 8.59. The molecule has 0 saturated carbocycles. The topological polar surface area (TPSA) is 17.1 Å². The van der Waals surface area contributed by atoms with Gasteiger partial charge in [0.05, 0.1) is 5.56 Å². The Kier molecular flexibility index (Phi) is 4.02. The maximum Gasteiger partial charge on any atom is 0.416 e. The van der Waals surface area contributed by atoms with Crippen LogP contribution in [-0.4, -0.2) is 5.78 Å². The molecule has 1 atom stereocenters. The van der Waals surface area contributed by atoms with Crippen LogP contribution in [0.2, 0.25) is 0 Å². The Morgan fingerprint density at radius 1 is 1.44 bits per heavy atom. The summed E-state index contributed by atoms with van der Waals surface area (Å²) in [6, 6.07) is 3.53. The van der Waals surface area contributed by atoms with Crippen molar-refractivity contribution in [1.82, 2.24) is 0 Å². The lowest BCUT2D eigenvalue weighted by Gasteiger charge is -2.15. The summed E-state index contributed by atoms with van der Waals surface area (Å²) in [4.78, 5) is 11.0. The first kappa shape index (κ1) is 13.5. The molecule has 1 unspecified atom stereocenters. The van der Waals surface area contributed by atoms with E-state index < -0.39 is 22.9 Å². The predicted molar refractivity (Wildman–Crippen MR) is 58.4 cm³/mol. The molecule has 0 bridgehead atoms. The lowest BCUT2D eigenvalue weighted by atomic mass is 10.0. The second kappa shape index (κ2) is 4.75. The minimum absolute atomic E-state index is 0.218. The number of rotatable bonds is 2. The van der Waals surface area contributed by atoms with Crippen molar-refractivity contribution in [2.24, 2.45) is 0 Å². The Bertz CT molecular complexity index is 417. The Labute approximate surface area is 104 Å². The largest absolute Gasteiger partial charge is 0.416 e. The van der Waals surface area contributed by atoms with Crippen LogP contribution >= 0.6 is 27.5 Å². The minimum Gasteiger partial charge on any atom is -0.298 e. The Morgan fingerprint density at radius 3 is 2.44 bits per heavy atom. The fourth-order valence-electron chi connectivity index (χ4n) is 1.21. The summed E-state index contributed by atoms with van der Waals surface area (Å²) in [6.45, 7) is 1.15. The van der Waals surface area contributed by atoms with E-state index in [2.05, 4.69) is 15.9 Å². The lowest BCUT2D eigenvalue weighted by Crippen LogP contribution is -2.13. The van der Waals surface area contributed by atoms with Crippen molar-refractivity contribution in [3.8, 4) is 0 Å². The van der Waals surface area contributed by atoms with E-state index in [0.29, 0.717) is 0 Å². The molecule has 1 aromatic carbocycles. The predicted octanol–water partition coefficient (Wildman–Crippen LogP) is 4.34. The van der Waals surface area contributed by atoms with Gasteiger partial charge in [-0.25, -0.2) is 0 Å². The molecule has 0 N–H and O–H groups in total. The number of halogens is 5. The molecule has 0 fully saturated rings. The third-order valence-electron chi connectivity index (χ3n) is 1.95. The maximum absolute atomic E-state index is 12.7. The van der Waals surface area contributed by atoms with Crippen LogP contribution < -0.4 is 0 Å². The van der Waals surface area contributed by atoms with Gasteiger partial charge in [0.25, 0.3) is 0 Å². The highest BCUT2D eigenvalue weighted by Crippen LogP contribution is 2.38. The summed E-state index contributed by atoms with van der Waals surface area (Å²) in [5.41, 5.74) is -1.11. The highest BCUT2D eigenvalue weighted by molar-refractivity contribution is 9.10. The van der Waals surface area contributed by atoms with E-state index in [1.54, 1.807) is 0 Å². The van der Waals surface area contributed by atoms with Crippen LogP contribution in [0.25, 0.3) is 0 Å². The molecule has 0 amide bonds. The summed E-state index contributed by atoms with van der Waals surface area (Å²) in [7, 11) is 0. The van der Waals surface area contributed by atoms with Gasteiger partial charge in [-0.1, -0.05) is 22.0 Å². The molecule has 0 aromatic heterocycles. The highest BCUT2D eigenvalue weighted by atomic mass is 79.9. The van der Waals surface area contributed by atoms with E-state index in [0.717, 1.165) is 13.0 Å². The number of ketones is 1. The number of hydrogen-bond donors (Lipinski definition) is 0. The van der Waals surface area contributed by atoms with Crippen LogP contribution in [0.4, 0.5) is 13.2 Å². The molecular formula is C10H7BrClF3O. The van der Waals surface area contributed by atoms with Gasteiger partial charge in [-0.15, -0.1) is 11.6 Å². The SMILES string of the molecule is CC(=O)C(Cl)c1ccc(Br)cc1C(F)(F)F. The van der Waals surface area contributed by atoms with Crippen molar-refractivity contribution in [2.45, 2.75) is 18.5 Å². The van der Waals surface area contributed by atoms with Gasteiger partial charge in [-0.2, -0.15) is 13.2 Å². The van der Waals surface area contributed by atoms with Crippen LogP contribution in [-0.2, 0) is 11.0 Å². The van der Waals surface area contributed by atoms with Crippen LogP contribution in [0.15, 0.2) is 22.7 Å². The van der Waals surface area contributed by atoms with Crippen LogP contribution in [0.1, 0.15) is 23.4 Å². The third-order valence-corrected chi connectivity index (χ3v) is 2.99. The highest BCUT2D eigenvalue weighted by Gasteiger charge is 2.35. The van der Waals surface area contributed by atoms with E-state index in [1.165, 1.54) is 12.1 Å². The average molecular weight is 316 g/mol. The first-order valence-electron chi connectivity index (χ1n) is 4.24. The average Bonchev–Trinajstić information content (AvgIpc) is 2.15.